The molecule has 1 heterocycles. The normalized spacial score (nSPS) is 14.4. The second-order valence-electron chi connectivity index (χ2n) is 5.72. The molecule has 0 saturated heterocycles. The molecule has 1 aromatic heterocycles. The fraction of sp³-hybridized carbons (Fsp3) is 0.733. The maximum absolute atomic E-state index is 11.8. The number of hydrogen-bond acceptors (Lipinski definition) is 4. The van der Waals surface area contributed by atoms with Gasteiger partial charge in [0, 0.05) is 11.8 Å². The Morgan fingerprint density at radius 3 is 2.63 bits per heavy atom. The minimum atomic E-state index is -0.107. The Labute approximate surface area is 120 Å². The molecule has 0 spiro atoms. The van der Waals surface area contributed by atoms with E-state index in [-0.39, 0.29) is 11.9 Å². The van der Waals surface area contributed by atoms with Crippen molar-refractivity contribution in [3.63, 3.8) is 0 Å². The molecule has 0 radical (unpaired) electrons. The van der Waals surface area contributed by atoms with E-state index in [4.69, 9.17) is 4.74 Å². The number of aromatic nitrogens is 1. The number of nitrogens with zero attached hydrogens (tertiary/aromatic N) is 1. The summed E-state index contributed by atoms with van der Waals surface area (Å²) in [5.74, 6) is 1.21. The van der Waals surface area contributed by atoms with Crippen LogP contribution in [0.3, 0.4) is 0 Å². The molecular weight excluding hydrogens is 258 g/mol. The van der Waals surface area contributed by atoms with Crippen LogP contribution in [0.15, 0.2) is 10.9 Å². The molecule has 19 heavy (non-hydrogen) atoms. The summed E-state index contributed by atoms with van der Waals surface area (Å²) in [4.78, 5) is 16.1. The highest BCUT2D eigenvalue weighted by Gasteiger charge is 2.21. The lowest BCUT2D eigenvalue weighted by Gasteiger charge is -2.18. The average molecular weight is 283 g/mol. The quantitative estimate of drug-likeness (QED) is 0.678. The Balaban J connectivity index is 2.48. The van der Waals surface area contributed by atoms with Crippen LogP contribution in [0.4, 0.5) is 0 Å². The molecule has 4 heteroatoms. The van der Waals surface area contributed by atoms with Gasteiger partial charge < -0.3 is 4.74 Å². The molecule has 1 rings (SSSR count). The molecule has 3 nitrogen and oxygen atoms in total. The van der Waals surface area contributed by atoms with Crippen LogP contribution in [-0.4, -0.2) is 18.1 Å². The first kappa shape index (κ1) is 16.2. The first-order valence-electron chi connectivity index (χ1n) is 6.97. The minimum absolute atomic E-state index is 0.0540. The molecule has 0 aliphatic rings. The van der Waals surface area contributed by atoms with Crippen molar-refractivity contribution in [2.24, 2.45) is 17.8 Å². The van der Waals surface area contributed by atoms with Crippen LogP contribution in [0.1, 0.15) is 45.7 Å². The molecule has 108 valence electrons. The summed E-state index contributed by atoms with van der Waals surface area (Å²) in [6, 6.07) is 0. The van der Waals surface area contributed by atoms with Gasteiger partial charge in [0.25, 0.3) is 0 Å². The average Bonchev–Trinajstić information content (AvgIpc) is 2.85. The molecular formula is C15H25NO2S. The van der Waals surface area contributed by atoms with E-state index in [0.29, 0.717) is 18.3 Å². The molecule has 0 bridgehead atoms. The largest absolute Gasteiger partial charge is 0.469 e. The van der Waals surface area contributed by atoms with Crippen molar-refractivity contribution in [3.05, 3.63) is 16.6 Å². The van der Waals surface area contributed by atoms with Crippen molar-refractivity contribution in [2.75, 3.05) is 7.11 Å². The van der Waals surface area contributed by atoms with Crippen molar-refractivity contribution < 1.29 is 9.53 Å². The van der Waals surface area contributed by atoms with Gasteiger partial charge in [-0.1, -0.05) is 20.8 Å². The van der Waals surface area contributed by atoms with E-state index < -0.39 is 0 Å². The highest BCUT2D eigenvalue weighted by molar-refractivity contribution is 7.07. The van der Waals surface area contributed by atoms with E-state index in [1.54, 1.807) is 11.3 Å². The number of hydrogen-bond donors (Lipinski definition) is 0. The van der Waals surface area contributed by atoms with Crippen LogP contribution >= 0.6 is 11.3 Å². The van der Waals surface area contributed by atoms with Crippen LogP contribution in [-0.2, 0) is 16.0 Å². The zero-order valence-corrected chi connectivity index (χ0v) is 13.2. The van der Waals surface area contributed by atoms with Crippen LogP contribution in [0.2, 0.25) is 0 Å². The van der Waals surface area contributed by atoms with E-state index in [1.165, 1.54) is 13.5 Å². The summed E-state index contributed by atoms with van der Waals surface area (Å²) in [5.41, 5.74) is 2.81. The van der Waals surface area contributed by atoms with Gasteiger partial charge in [-0.15, -0.1) is 11.3 Å². The van der Waals surface area contributed by atoms with E-state index >= 15 is 0 Å². The topological polar surface area (TPSA) is 39.2 Å². The van der Waals surface area contributed by atoms with Gasteiger partial charge in [0.15, 0.2) is 0 Å². The third-order valence-electron chi connectivity index (χ3n) is 3.36. The Hall–Kier alpha value is -0.900. The molecule has 0 fully saturated rings. The lowest BCUT2D eigenvalue weighted by Crippen LogP contribution is -2.20. The zero-order chi connectivity index (χ0) is 14.3. The summed E-state index contributed by atoms with van der Waals surface area (Å²) in [5, 5.41) is 2.01. The number of methoxy groups -OCH3 is 1. The third kappa shape index (κ3) is 6.19. The van der Waals surface area contributed by atoms with Gasteiger partial charge in [0.05, 0.1) is 24.2 Å². The van der Waals surface area contributed by atoms with Gasteiger partial charge in [-0.3, -0.25) is 4.79 Å². The van der Waals surface area contributed by atoms with Crippen LogP contribution in [0, 0.1) is 17.8 Å². The monoisotopic (exact) mass is 283 g/mol. The molecule has 0 saturated carbocycles. The van der Waals surface area contributed by atoms with Crippen molar-refractivity contribution in [3.8, 4) is 0 Å². The number of rotatable bonds is 8. The molecule has 0 aliphatic carbocycles. The molecule has 2 atom stereocenters. The summed E-state index contributed by atoms with van der Waals surface area (Å²) < 4.78 is 4.91. The summed E-state index contributed by atoms with van der Waals surface area (Å²) in [6.07, 6.45) is 3.87. The predicted molar refractivity (Wildman–Crippen MR) is 79.2 cm³/mol. The number of esters is 1. The van der Waals surface area contributed by atoms with Crippen LogP contribution < -0.4 is 0 Å². The van der Waals surface area contributed by atoms with Crippen LogP contribution in [0.5, 0.6) is 0 Å². The fourth-order valence-corrected chi connectivity index (χ4v) is 3.04. The standard InChI is InChI=1S/C15H25NO2S/c1-11(2)7-12(3)5-6-13(15(17)18-4)8-14-9-19-10-16-14/h9-13H,5-8H2,1-4H3/t12-,13+/m1/s1. The molecule has 0 N–H and O–H groups in total. The van der Waals surface area contributed by atoms with Gasteiger partial charge in [0.1, 0.15) is 0 Å². The zero-order valence-electron chi connectivity index (χ0n) is 12.4. The molecule has 0 amide bonds. The highest BCUT2D eigenvalue weighted by Crippen LogP contribution is 2.22. The number of carbonyl (C=O) groups is 1. The fourth-order valence-electron chi connectivity index (χ4n) is 2.47. The van der Waals surface area contributed by atoms with Gasteiger partial charge in [-0.05, 0) is 31.1 Å². The first-order chi connectivity index (χ1) is 9.02. The lowest BCUT2D eigenvalue weighted by atomic mass is 9.89. The van der Waals surface area contributed by atoms with Crippen molar-refractivity contribution in [1.82, 2.24) is 4.98 Å². The first-order valence-corrected chi connectivity index (χ1v) is 7.92. The molecule has 0 aromatic carbocycles. The second kappa shape index (κ2) is 8.31. The Morgan fingerprint density at radius 2 is 2.11 bits per heavy atom. The van der Waals surface area contributed by atoms with Gasteiger partial charge >= 0.3 is 5.97 Å². The maximum atomic E-state index is 11.8. The molecule has 1 aromatic rings. The second-order valence-corrected chi connectivity index (χ2v) is 6.43. The summed E-state index contributed by atoms with van der Waals surface area (Å²) >= 11 is 1.57. The SMILES string of the molecule is COC(=O)[C@@H](CC[C@@H](C)CC(C)C)Cc1cscn1. The van der Waals surface area contributed by atoms with E-state index in [0.717, 1.165) is 18.5 Å². The minimum Gasteiger partial charge on any atom is -0.469 e. The Morgan fingerprint density at radius 1 is 1.37 bits per heavy atom. The third-order valence-corrected chi connectivity index (χ3v) is 3.99. The molecule has 0 aliphatic heterocycles. The van der Waals surface area contributed by atoms with Gasteiger partial charge in [-0.2, -0.15) is 0 Å². The Kier molecular flexibility index (Phi) is 7.06. The van der Waals surface area contributed by atoms with E-state index in [2.05, 4.69) is 25.8 Å². The van der Waals surface area contributed by atoms with E-state index in [9.17, 15) is 4.79 Å². The highest BCUT2D eigenvalue weighted by atomic mass is 32.1. The van der Waals surface area contributed by atoms with E-state index in [1.807, 2.05) is 10.9 Å². The molecule has 0 unspecified atom stereocenters. The summed E-state index contributed by atoms with van der Waals surface area (Å²) in [7, 11) is 1.47. The summed E-state index contributed by atoms with van der Waals surface area (Å²) in [6.45, 7) is 6.74. The maximum Gasteiger partial charge on any atom is 0.309 e. The number of carbonyl (C=O) groups excluding carboxylic acids is 1. The Bertz CT molecular complexity index is 362. The van der Waals surface area contributed by atoms with Crippen molar-refractivity contribution >= 4 is 17.3 Å². The predicted octanol–water partition coefficient (Wildman–Crippen LogP) is 3.94. The lowest BCUT2D eigenvalue weighted by molar-refractivity contribution is -0.145. The number of ether oxygens (including phenoxy) is 1. The van der Waals surface area contributed by atoms with Gasteiger partial charge in [0.2, 0.25) is 0 Å². The van der Waals surface area contributed by atoms with Gasteiger partial charge in [-0.25, -0.2) is 4.98 Å². The van der Waals surface area contributed by atoms with Crippen molar-refractivity contribution in [2.45, 2.75) is 46.5 Å². The van der Waals surface area contributed by atoms with Crippen molar-refractivity contribution in [1.29, 1.82) is 0 Å². The smallest absolute Gasteiger partial charge is 0.309 e. The van der Waals surface area contributed by atoms with Crippen LogP contribution in [0.25, 0.3) is 0 Å². The number of thiazole rings is 1.